The summed E-state index contributed by atoms with van der Waals surface area (Å²) in [4.78, 5) is 4.37. The van der Waals surface area contributed by atoms with Crippen LogP contribution in [0.4, 0.5) is 5.69 Å². The molecule has 0 aliphatic rings. The number of pyridine rings is 1. The first-order valence-corrected chi connectivity index (χ1v) is 10.2. The van der Waals surface area contributed by atoms with Gasteiger partial charge in [0.2, 0.25) is 0 Å². The van der Waals surface area contributed by atoms with Crippen molar-refractivity contribution in [3.8, 4) is 16.9 Å². The third kappa shape index (κ3) is 4.04. The van der Waals surface area contributed by atoms with E-state index >= 15 is 0 Å². The Morgan fingerprint density at radius 1 is 0.903 bits per heavy atom. The Balaban J connectivity index is 1.50. The monoisotopic (exact) mass is 423 g/mol. The zero-order valence-corrected chi connectivity index (χ0v) is 17.2. The Labute approximate surface area is 184 Å². The van der Waals surface area contributed by atoms with Crippen LogP contribution in [0, 0.1) is 0 Å². The average Bonchev–Trinajstić information content (AvgIpc) is 3.24. The molecule has 2 heterocycles. The zero-order valence-electron chi connectivity index (χ0n) is 16.5. The van der Waals surface area contributed by atoms with E-state index in [2.05, 4.69) is 15.5 Å². The number of hydrazone groups is 1. The third-order valence-electron chi connectivity index (χ3n) is 4.90. The fourth-order valence-electron chi connectivity index (χ4n) is 3.41. The van der Waals surface area contributed by atoms with E-state index in [9.17, 15) is 0 Å². The summed E-state index contributed by atoms with van der Waals surface area (Å²) in [6.07, 6.45) is 5.50. The van der Waals surface area contributed by atoms with Crippen LogP contribution >= 0.6 is 11.6 Å². The third-order valence-corrected chi connectivity index (χ3v) is 5.14. The van der Waals surface area contributed by atoms with Gasteiger partial charge in [0.05, 0.1) is 23.1 Å². The number of rotatable bonds is 5. The molecule has 5 aromatic rings. The summed E-state index contributed by atoms with van der Waals surface area (Å²) in [5.74, 6) is 0. The van der Waals surface area contributed by atoms with E-state index in [4.69, 9.17) is 16.7 Å². The first kappa shape index (κ1) is 19.0. The van der Waals surface area contributed by atoms with Gasteiger partial charge < -0.3 is 0 Å². The average molecular weight is 424 g/mol. The molecule has 5 nitrogen and oxygen atoms in total. The fraction of sp³-hybridized carbons (Fsp3) is 0. The summed E-state index contributed by atoms with van der Waals surface area (Å²) >= 11 is 6.08. The molecule has 0 radical (unpaired) electrons. The second-order valence-corrected chi connectivity index (χ2v) is 7.41. The number of hydrogen-bond donors (Lipinski definition) is 1. The van der Waals surface area contributed by atoms with Crippen LogP contribution < -0.4 is 5.43 Å². The van der Waals surface area contributed by atoms with Gasteiger partial charge in [-0.1, -0.05) is 60.1 Å². The van der Waals surface area contributed by atoms with Crippen LogP contribution in [-0.2, 0) is 0 Å². The van der Waals surface area contributed by atoms with Crippen LogP contribution in [0.2, 0.25) is 5.02 Å². The molecule has 3 aromatic carbocycles. The van der Waals surface area contributed by atoms with Gasteiger partial charge in [-0.2, -0.15) is 10.2 Å². The van der Waals surface area contributed by atoms with Gasteiger partial charge >= 0.3 is 0 Å². The molecular formula is C25H18ClN5. The molecule has 0 aliphatic carbocycles. The molecule has 0 saturated heterocycles. The molecule has 0 saturated carbocycles. The van der Waals surface area contributed by atoms with Crippen LogP contribution in [0.25, 0.3) is 27.8 Å². The lowest BCUT2D eigenvalue weighted by atomic mass is 10.1. The summed E-state index contributed by atoms with van der Waals surface area (Å²) in [5, 5.41) is 10.9. The van der Waals surface area contributed by atoms with Gasteiger partial charge in [-0.25, -0.2) is 4.68 Å². The Morgan fingerprint density at radius 2 is 1.68 bits per heavy atom. The molecule has 31 heavy (non-hydrogen) atoms. The molecule has 0 atom stereocenters. The van der Waals surface area contributed by atoms with E-state index in [0.29, 0.717) is 5.02 Å². The molecule has 0 spiro atoms. The highest BCUT2D eigenvalue weighted by Gasteiger charge is 2.11. The number of halogens is 1. The van der Waals surface area contributed by atoms with Crippen LogP contribution in [-0.4, -0.2) is 21.0 Å². The van der Waals surface area contributed by atoms with Crippen molar-refractivity contribution in [1.29, 1.82) is 0 Å². The highest BCUT2D eigenvalue weighted by atomic mass is 35.5. The van der Waals surface area contributed by atoms with Crippen molar-refractivity contribution in [3.05, 3.63) is 108 Å². The van der Waals surface area contributed by atoms with Crippen molar-refractivity contribution in [2.75, 3.05) is 5.43 Å². The van der Waals surface area contributed by atoms with Gasteiger partial charge in [-0.15, -0.1) is 0 Å². The largest absolute Gasteiger partial charge is 0.278 e. The summed E-state index contributed by atoms with van der Waals surface area (Å²) in [5.41, 5.74) is 8.59. The Morgan fingerprint density at radius 3 is 2.48 bits per heavy atom. The van der Waals surface area contributed by atoms with Crippen molar-refractivity contribution in [2.45, 2.75) is 0 Å². The Bertz CT molecular complexity index is 1360. The summed E-state index contributed by atoms with van der Waals surface area (Å²) in [6.45, 7) is 0. The number of hydrogen-bond acceptors (Lipinski definition) is 4. The van der Waals surface area contributed by atoms with E-state index < -0.39 is 0 Å². The van der Waals surface area contributed by atoms with Gasteiger partial charge in [0.1, 0.15) is 5.69 Å². The van der Waals surface area contributed by atoms with E-state index in [1.165, 1.54) is 0 Å². The van der Waals surface area contributed by atoms with Gasteiger partial charge in [0, 0.05) is 33.9 Å². The molecule has 0 aliphatic heterocycles. The molecule has 0 unspecified atom stereocenters. The molecular weight excluding hydrogens is 406 g/mol. The van der Waals surface area contributed by atoms with Crippen molar-refractivity contribution < 1.29 is 0 Å². The number of benzene rings is 3. The summed E-state index contributed by atoms with van der Waals surface area (Å²) in [7, 11) is 0. The molecule has 2 aromatic heterocycles. The smallest absolute Gasteiger partial charge is 0.102 e. The lowest BCUT2D eigenvalue weighted by Crippen LogP contribution is -1.93. The maximum Gasteiger partial charge on any atom is 0.102 e. The molecule has 5 rings (SSSR count). The number of nitrogens with one attached hydrogen (secondary N) is 1. The lowest BCUT2D eigenvalue weighted by Gasteiger charge is -2.05. The molecule has 0 amide bonds. The first-order chi connectivity index (χ1) is 15.3. The maximum absolute atomic E-state index is 6.08. The number of aromatic nitrogens is 3. The number of anilines is 1. The first-order valence-electron chi connectivity index (χ1n) is 9.82. The van der Waals surface area contributed by atoms with Crippen LogP contribution in [0.15, 0.2) is 102 Å². The minimum atomic E-state index is 0.654. The van der Waals surface area contributed by atoms with Crippen LogP contribution in [0.1, 0.15) is 5.56 Å². The van der Waals surface area contributed by atoms with Crippen molar-refractivity contribution in [3.63, 3.8) is 0 Å². The van der Waals surface area contributed by atoms with E-state index in [-0.39, 0.29) is 0 Å². The van der Waals surface area contributed by atoms with E-state index in [1.807, 2.05) is 95.8 Å². The van der Waals surface area contributed by atoms with Crippen molar-refractivity contribution >= 4 is 34.4 Å². The lowest BCUT2D eigenvalue weighted by molar-refractivity contribution is 0.884. The topological polar surface area (TPSA) is 55.1 Å². The highest BCUT2D eigenvalue weighted by molar-refractivity contribution is 6.31. The predicted octanol–water partition coefficient (Wildman–Crippen LogP) is 6.19. The standard InChI is InChI=1S/C25H18ClN5/c26-20-11-12-22-23(13-14-27-24(22)15-20)29-28-16-19-17-31(21-9-5-2-6-10-21)30-25(19)18-7-3-1-4-8-18/h1-17H,(H,27,29). The molecule has 6 heteroatoms. The van der Waals surface area contributed by atoms with E-state index in [1.54, 1.807) is 12.4 Å². The molecule has 150 valence electrons. The predicted molar refractivity (Wildman–Crippen MR) is 127 cm³/mol. The maximum atomic E-state index is 6.08. The fourth-order valence-corrected chi connectivity index (χ4v) is 3.57. The number of para-hydroxylation sites is 1. The zero-order chi connectivity index (χ0) is 21.0. The second kappa shape index (κ2) is 8.42. The summed E-state index contributed by atoms with van der Waals surface area (Å²) < 4.78 is 1.87. The highest BCUT2D eigenvalue weighted by Crippen LogP contribution is 2.25. The van der Waals surface area contributed by atoms with Gasteiger partial charge in [0.15, 0.2) is 0 Å². The second-order valence-electron chi connectivity index (χ2n) is 6.97. The minimum absolute atomic E-state index is 0.654. The normalized spacial score (nSPS) is 11.3. The summed E-state index contributed by atoms with van der Waals surface area (Å²) in [6, 6.07) is 27.6. The SMILES string of the molecule is Clc1ccc2c(NN=Cc3cn(-c4ccccc4)nc3-c3ccccc3)ccnc2c1. The van der Waals surface area contributed by atoms with Crippen LogP contribution in [0.5, 0.6) is 0 Å². The van der Waals surface area contributed by atoms with Gasteiger partial charge in [-0.3, -0.25) is 10.4 Å². The molecule has 0 fully saturated rings. The Kier molecular flexibility index (Phi) is 5.17. The quantitative estimate of drug-likeness (QED) is 0.271. The molecule has 0 bridgehead atoms. The Hall–Kier alpha value is -3.96. The van der Waals surface area contributed by atoms with Gasteiger partial charge in [0.25, 0.3) is 0 Å². The molecule has 1 N–H and O–H groups in total. The van der Waals surface area contributed by atoms with E-state index in [0.717, 1.165) is 39.1 Å². The van der Waals surface area contributed by atoms with Gasteiger partial charge in [-0.05, 0) is 36.4 Å². The van der Waals surface area contributed by atoms with Crippen molar-refractivity contribution in [1.82, 2.24) is 14.8 Å². The van der Waals surface area contributed by atoms with Crippen molar-refractivity contribution in [2.24, 2.45) is 5.10 Å². The minimum Gasteiger partial charge on any atom is -0.278 e. The number of fused-ring (bicyclic) bond motifs is 1. The van der Waals surface area contributed by atoms with Crippen LogP contribution in [0.3, 0.4) is 0 Å². The number of nitrogens with zero attached hydrogens (tertiary/aromatic N) is 4.